The van der Waals surface area contributed by atoms with Gasteiger partial charge in [-0.15, -0.1) is 0 Å². The van der Waals surface area contributed by atoms with E-state index in [1.807, 2.05) is 7.05 Å². The van der Waals surface area contributed by atoms with Gasteiger partial charge in [0.1, 0.15) is 5.82 Å². The van der Waals surface area contributed by atoms with Gasteiger partial charge in [0.2, 0.25) is 0 Å². The zero-order valence-corrected chi connectivity index (χ0v) is 11.5. The van der Waals surface area contributed by atoms with E-state index in [0.717, 1.165) is 0 Å². The van der Waals surface area contributed by atoms with Crippen LogP contribution in [0.5, 0.6) is 0 Å². The number of hydrogen-bond acceptors (Lipinski definition) is 3. The lowest BCUT2D eigenvalue weighted by atomic mass is 10.1. The van der Waals surface area contributed by atoms with Crippen LogP contribution in [0.4, 0.5) is 4.39 Å². The molecule has 0 fully saturated rings. The molecule has 0 heterocycles. The Morgan fingerprint density at radius 3 is 2.78 bits per heavy atom. The molecule has 0 aliphatic carbocycles. The lowest BCUT2D eigenvalue weighted by molar-refractivity contribution is 0.0597. The Hall–Kier alpha value is -0.680. The molecule has 0 saturated heterocycles. The molecule has 0 saturated carbocycles. The lowest BCUT2D eigenvalue weighted by Gasteiger charge is -2.16. The van der Waals surface area contributed by atoms with Crippen molar-refractivity contribution in [1.82, 2.24) is 5.32 Å². The lowest BCUT2D eigenvalue weighted by Crippen LogP contribution is -2.33. The summed E-state index contributed by atoms with van der Waals surface area (Å²) in [6.07, 6.45) is 0.562. The van der Waals surface area contributed by atoms with Crippen LogP contribution in [0.3, 0.4) is 0 Å². The van der Waals surface area contributed by atoms with Gasteiger partial charge in [-0.3, -0.25) is 0 Å². The average molecular weight is 276 g/mol. The van der Waals surface area contributed by atoms with Crippen LogP contribution in [0.25, 0.3) is 0 Å². The monoisotopic (exact) mass is 275 g/mol. The second-order valence-corrected chi connectivity index (χ2v) is 4.43. The van der Waals surface area contributed by atoms with Crippen LogP contribution in [-0.2, 0) is 15.9 Å². The maximum atomic E-state index is 13.6. The fourth-order valence-corrected chi connectivity index (χ4v) is 1.72. The molecule has 1 N–H and O–H groups in total. The standard InChI is InChI=1S/C13H19ClFNO2/c1-16-12(9-18-6-5-17-2)7-10-3-4-11(14)8-13(10)15/h3-4,8,12,16H,5-7,9H2,1-2H3. The first-order valence-corrected chi connectivity index (χ1v) is 6.23. The smallest absolute Gasteiger partial charge is 0.127 e. The molecular formula is C13H19ClFNO2. The maximum Gasteiger partial charge on any atom is 0.127 e. The minimum atomic E-state index is -0.278. The van der Waals surface area contributed by atoms with Crippen LogP contribution in [0.15, 0.2) is 18.2 Å². The number of halogens is 2. The van der Waals surface area contributed by atoms with Crippen molar-refractivity contribution >= 4 is 11.6 Å². The van der Waals surface area contributed by atoms with E-state index in [-0.39, 0.29) is 11.9 Å². The van der Waals surface area contributed by atoms with E-state index in [1.165, 1.54) is 6.07 Å². The second kappa shape index (κ2) is 8.43. The van der Waals surface area contributed by atoms with Crippen LogP contribution >= 0.6 is 11.6 Å². The Morgan fingerprint density at radius 1 is 1.39 bits per heavy atom. The molecule has 1 unspecified atom stereocenters. The third kappa shape index (κ3) is 5.31. The Kier molecular flexibility index (Phi) is 7.20. The zero-order valence-electron chi connectivity index (χ0n) is 10.7. The van der Waals surface area contributed by atoms with Gasteiger partial charge in [0.25, 0.3) is 0 Å². The van der Waals surface area contributed by atoms with E-state index in [1.54, 1.807) is 19.2 Å². The summed E-state index contributed by atoms with van der Waals surface area (Å²) in [5.74, 6) is -0.278. The van der Waals surface area contributed by atoms with E-state index in [2.05, 4.69) is 5.32 Å². The van der Waals surface area contributed by atoms with E-state index in [0.29, 0.717) is 36.8 Å². The second-order valence-electron chi connectivity index (χ2n) is 3.99. The first-order chi connectivity index (χ1) is 8.67. The number of likely N-dealkylation sites (N-methyl/N-ethyl adjacent to an activating group) is 1. The van der Waals surface area contributed by atoms with Gasteiger partial charge in [0.05, 0.1) is 19.8 Å². The molecule has 18 heavy (non-hydrogen) atoms. The summed E-state index contributed by atoms with van der Waals surface area (Å²) in [5, 5.41) is 3.51. The van der Waals surface area contributed by atoms with Gasteiger partial charge in [-0.1, -0.05) is 17.7 Å². The zero-order chi connectivity index (χ0) is 13.4. The topological polar surface area (TPSA) is 30.5 Å². The summed E-state index contributed by atoms with van der Waals surface area (Å²) >= 11 is 5.71. The fourth-order valence-electron chi connectivity index (χ4n) is 1.56. The summed E-state index contributed by atoms with van der Waals surface area (Å²) in [5.41, 5.74) is 0.633. The molecule has 0 aliphatic heterocycles. The molecule has 1 aromatic rings. The maximum absolute atomic E-state index is 13.6. The van der Waals surface area contributed by atoms with Gasteiger partial charge in [0.15, 0.2) is 0 Å². The van der Waals surface area contributed by atoms with Crippen LogP contribution in [-0.4, -0.2) is 40.0 Å². The largest absolute Gasteiger partial charge is 0.382 e. The van der Waals surface area contributed by atoms with Crippen molar-refractivity contribution in [1.29, 1.82) is 0 Å². The van der Waals surface area contributed by atoms with Crippen molar-refractivity contribution in [2.24, 2.45) is 0 Å². The number of nitrogens with one attached hydrogen (secondary N) is 1. The summed E-state index contributed by atoms with van der Waals surface area (Å²) < 4.78 is 23.9. The highest BCUT2D eigenvalue weighted by atomic mass is 35.5. The minimum absolute atomic E-state index is 0.0672. The molecule has 1 atom stereocenters. The first-order valence-electron chi connectivity index (χ1n) is 5.85. The molecule has 0 aliphatic rings. The third-order valence-electron chi connectivity index (χ3n) is 2.64. The predicted octanol–water partition coefficient (Wildman–Crippen LogP) is 2.27. The number of rotatable bonds is 8. The van der Waals surface area contributed by atoms with Crippen molar-refractivity contribution < 1.29 is 13.9 Å². The highest BCUT2D eigenvalue weighted by Gasteiger charge is 2.11. The normalized spacial score (nSPS) is 12.7. The Balaban J connectivity index is 2.46. The molecule has 0 spiro atoms. The quantitative estimate of drug-likeness (QED) is 0.739. The number of hydrogen-bond donors (Lipinski definition) is 1. The number of methoxy groups -OCH3 is 1. The molecule has 1 aromatic carbocycles. The van der Waals surface area contributed by atoms with Gasteiger partial charge < -0.3 is 14.8 Å². The van der Waals surface area contributed by atoms with Crippen LogP contribution < -0.4 is 5.32 Å². The number of benzene rings is 1. The summed E-state index contributed by atoms with van der Waals surface area (Å²) in [6, 6.07) is 4.79. The highest BCUT2D eigenvalue weighted by molar-refractivity contribution is 6.30. The Bertz CT molecular complexity index is 363. The van der Waals surface area contributed by atoms with Crippen molar-refractivity contribution in [2.45, 2.75) is 12.5 Å². The van der Waals surface area contributed by atoms with Crippen LogP contribution in [0.2, 0.25) is 5.02 Å². The molecule has 0 radical (unpaired) electrons. The molecule has 5 heteroatoms. The van der Waals surface area contributed by atoms with Crippen LogP contribution in [0, 0.1) is 5.82 Å². The van der Waals surface area contributed by atoms with Gasteiger partial charge in [-0.2, -0.15) is 0 Å². The van der Waals surface area contributed by atoms with Crippen LogP contribution in [0.1, 0.15) is 5.56 Å². The van der Waals surface area contributed by atoms with Crippen molar-refractivity contribution in [3.05, 3.63) is 34.6 Å². The van der Waals surface area contributed by atoms with Gasteiger partial charge in [-0.25, -0.2) is 4.39 Å². The van der Waals surface area contributed by atoms with Gasteiger partial charge in [-0.05, 0) is 31.2 Å². The average Bonchev–Trinajstić information content (AvgIpc) is 2.35. The van der Waals surface area contributed by atoms with Crippen molar-refractivity contribution in [3.63, 3.8) is 0 Å². The van der Waals surface area contributed by atoms with Gasteiger partial charge in [0, 0.05) is 18.2 Å². The third-order valence-corrected chi connectivity index (χ3v) is 2.88. The van der Waals surface area contributed by atoms with E-state index < -0.39 is 0 Å². The predicted molar refractivity (Wildman–Crippen MR) is 70.7 cm³/mol. The van der Waals surface area contributed by atoms with E-state index in [9.17, 15) is 4.39 Å². The van der Waals surface area contributed by atoms with E-state index >= 15 is 0 Å². The first kappa shape index (κ1) is 15.4. The summed E-state index contributed by atoms with van der Waals surface area (Å²) in [7, 11) is 3.46. The molecule has 0 amide bonds. The molecule has 1 rings (SSSR count). The van der Waals surface area contributed by atoms with E-state index in [4.69, 9.17) is 21.1 Å². The molecular weight excluding hydrogens is 257 g/mol. The van der Waals surface area contributed by atoms with Crippen molar-refractivity contribution in [3.8, 4) is 0 Å². The minimum Gasteiger partial charge on any atom is -0.382 e. The molecule has 102 valence electrons. The SMILES string of the molecule is CNC(COCCOC)Cc1ccc(Cl)cc1F. The Morgan fingerprint density at radius 2 is 2.17 bits per heavy atom. The molecule has 0 bridgehead atoms. The fraction of sp³-hybridized carbons (Fsp3) is 0.538. The molecule has 0 aromatic heterocycles. The van der Waals surface area contributed by atoms with Gasteiger partial charge >= 0.3 is 0 Å². The Labute approximate surface area is 112 Å². The summed E-state index contributed by atoms with van der Waals surface area (Å²) in [4.78, 5) is 0. The van der Waals surface area contributed by atoms with Crippen molar-refractivity contribution in [2.75, 3.05) is 34.0 Å². The number of ether oxygens (including phenoxy) is 2. The molecule has 3 nitrogen and oxygen atoms in total. The highest BCUT2D eigenvalue weighted by Crippen LogP contribution is 2.16. The summed E-state index contributed by atoms with van der Waals surface area (Å²) in [6.45, 7) is 1.62.